The molecule has 4 rings (SSSR count). The molecule has 0 aliphatic rings. The molecule has 0 spiro atoms. The molecule has 0 atom stereocenters. The Balaban J connectivity index is 1.85. The Morgan fingerprint density at radius 1 is 0.939 bits per heavy atom. The summed E-state index contributed by atoms with van der Waals surface area (Å²) in [4.78, 5) is 24.0. The van der Waals surface area contributed by atoms with Crippen LogP contribution in [0.2, 0.25) is 0 Å². The predicted octanol–water partition coefficient (Wildman–Crippen LogP) is 4.27. The van der Waals surface area contributed by atoms with Gasteiger partial charge in [0.1, 0.15) is 11.3 Å². The van der Waals surface area contributed by atoms with Crippen molar-refractivity contribution in [2.75, 3.05) is 18.5 Å². The summed E-state index contributed by atoms with van der Waals surface area (Å²) in [6, 6.07) is 16.1. The van der Waals surface area contributed by atoms with Crippen molar-refractivity contribution >= 4 is 43.4 Å². The lowest BCUT2D eigenvalue weighted by atomic mass is 10.3. The Hall–Kier alpha value is -3.83. The molecule has 33 heavy (non-hydrogen) atoms. The van der Waals surface area contributed by atoms with E-state index >= 15 is 0 Å². The van der Waals surface area contributed by atoms with Crippen LogP contribution in [0.15, 0.2) is 80.8 Å². The fourth-order valence-corrected chi connectivity index (χ4v) is 5.08. The van der Waals surface area contributed by atoms with E-state index in [-0.39, 0.29) is 27.7 Å². The van der Waals surface area contributed by atoms with E-state index in [2.05, 4.69) is 0 Å². The first-order valence-corrected chi connectivity index (χ1v) is 11.7. The van der Waals surface area contributed by atoms with E-state index in [4.69, 9.17) is 18.6 Å². The Morgan fingerprint density at radius 3 is 2.36 bits per heavy atom. The molecular weight excluding hydrogens is 470 g/mol. The Bertz CT molecular complexity index is 1480. The zero-order valence-corrected chi connectivity index (χ0v) is 19.0. The summed E-state index contributed by atoms with van der Waals surface area (Å²) < 4.78 is 48.9. The average Bonchev–Trinajstić information content (AvgIpc) is 3.18. The van der Waals surface area contributed by atoms with Crippen molar-refractivity contribution in [1.29, 1.82) is 0 Å². The lowest BCUT2D eigenvalue weighted by Crippen LogP contribution is -2.39. The van der Waals surface area contributed by atoms with E-state index in [9.17, 15) is 18.0 Å². The number of benzene rings is 3. The average molecular weight is 488 g/mol. The first kappa shape index (κ1) is 22.4. The van der Waals surface area contributed by atoms with Crippen molar-refractivity contribution in [2.24, 2.45) is 0 Å². The molecule has 0 saturated heterocycles. The Labute approximate surface area is 192 Å². The van der Waals surface area contributed by atoms with Gasteiger partial charge in [-0.25, -0.2) is 18.0 Å². The third-order valence-corrected chi connectivity index (χ3v) is 7.04. The minimum Gasteiger partial charge on any atom is -0.493 e. The van der Waals surface area contributed by atoms with Gasteiger partial charge in [0.05, 0.1) is 29.5 Å². The normalized spacial score (nSPS) is 11.2. The number of amides is 1. The van der Waals surface area contributed by atoms with Gasteiger partial charge in [-0.15, -0.1) is 0 Å². The number of para-hydroxylation sites is 1. The lowest BCUT2D eigenvalue weighted by molar-refractivity contribution is 0.211. The summed E-state index contributed by atoms with van der Waals surface area (Å²) in [5.74, 6) is 0.641. The van der Waals surface area contributed by atoms with Crippen molar-refractivity contribution in [3.05, 3.63) is 76.5 Å². The van der Waals surface area contributed by atoms with Crippen molar-refractivity contribution in [3.8, 4) is 17.2 Å². The monoisotopic (exact) mass is 487 g/mol. The van der Waals surface area contributed by atoms with Gasteiger partial charge in [-0.05, 0) is 42.5 Å². The molecule has 0 fully saturated rings. The number of hydrogen-bond acceptors (Lipinski definition) is 9. The highest BCUT2D eigenvalue weighted by Gasteiger charge is 2.34. The minimum absolute atomic E-state index is 0.0322. The number of anilines is 1. The Kier molecular flexibility index (Phi) is 6.07. The van der Waals surface area contributed by atoms with Gasteiger partial charge >= 0.3 is 11.0 Å². The molecule has 170 valence electrons. The maximum absolute atomic E-state index is 13.6. The molecule has 0 radical (unpaired) electrons. The highest BCUT2D eigenvalue weighted by atomic mass is 32.2. The van der Waals surface area contributed by atoms with Crippen molar-refractivity contribution in [1.82, 2.24) is 0 Å². The first-order chi connectivity index (χ1) is 15.8. The van der Waals surface area contributed by atoms with Crippen LogP contribution < -0.4 is 23.5 Å². The second kappa shape index (κ2) is 8.96. The summed E-state index contributed by atoms with van der Waals surface area (Å²) in [5.41, 5.74) is 0.240. The maximum Gasteiger partial charge on any atom is 0.434 e. The topological polar surface area (TPSA) is 112 Å². The van der Waals surface area contributed by atoms with Gasteiger partial charge in [-0.2, -0.15) is 4.31 Å². The van der Waals surface area contributed by atoms with Crippen molar-refractivity contribution < 1.29 is 31.8 Å². The molecule has 4 aromatic rings. The standard InChI is InChI=1S/C22H17NO8S2/c1-28-17-11-9-16(13-19(17)29-2)33(26,27)23(21(24)30-15-6-4-3-5-7-15)14-8-10-18-20(12-14)32-22(25)31-18/h3-13H,1-2H3. The molecule has 0 aliphatic carbocycles. The van der Waals surface area contributed by atoms with Crippen LogP contribution in [-0.2, 0) is 10.0 Å². The Morgan fingerprint density at radius 2 is 1.67 bits per heavy atom. The zero-order valence-electron chi connectivity index (χ0n) is 17.4. The van der Waals surface area contributed by atoms with Crippen LogP contribution in [0.5, 0.6) is 17.2 Å². The number of methoxy groups -OCH3 is 2. The smallest absolute Gasteiger partial charge is 0.434 e. The van der Waals surface area contributed by atoms with Crippen LogP contribution in [-0.4, -0.2) is 28.7 Å². The van der Waals surface area contributed by atoms with Gasteiger partial charge in [0, 0.05) is 6.07 Å². The number of carbonyl (C=O) groups excluding carboxylic acids is 1. The quantitative estimate of drug-likeness (QED) is 0.396. The molecule has 0 saturated carbocycles. The maximum atomic E-state index is 13.6. The molecule has 1 aromatic heterocycles. The number of hydrogen-bond donors (Lipinski definition) is 0. The largest absolute Gasteiger partial charge is 0.493 e. The van der Waals surface area contributed by atoms with Crippen LogP contribution >= 0.6 is 11.3 Å². The summed E-state index contributed by atoms with van der Waals surface area (Å²) in [7, 11) is -1.69. The molecule has 0 unspecified atom stereocenters. The second-order valence-corrected chi connectivity index (χ2v) is 9.32. The van der Waals surface area contributed by atoms with Crippen molar-refractivity contribution in [2.45, 2.75) is 4.90 Å². The number of rotatable bonds is 6. The fraction of sp³-hybridized carbons (Fsp3) is 0.0909. The molecule has 9 nitrogen and oxygen atoms in total. The van der Waals surface area contributed by atoms with Crippen molar-refractivity contribution in [3.63, 3.8) is 0 Å². The van der Waals surface area contributed by atoms with E-state index in [0.717, 1.165) is 11.3 Å². The lowest BCUT2D eigenvalue weighted by Gasteiger charge is -2.22. The molecule has 1 heterocycles. The second-order valence-electron chi connectivity index (χ2n) is 6.55. The molecule has 0 bridgehead atoms. The highest BCUT2D eigenvalue weighted by molar-refractivity contribution is 7.93. The minimum atomic E-state index is -4.47. The fourth-order valence-electron chi connectivity index (χ4n) is 3.04. The number of ether oxygens (including phenoxy) is 3. The van der Waals surface area contributed by atoms with Crippen LogP contribution in [0.3, 0.4) is 0 Å². The van der Waals surface area contributed by atoms with E-state index < -0.39 is 21.1 Å². The summed E-state index contributed by atoms with van der Waals surface area (Å²) in [6.45, 7) is 0. The van der Waals surface area contributed by atoms with Gasteiger partial charge < -0.3 is 18.6 Å². The molecule has 0 aliphatic heterocycles. The summed E-state index contributed by atoms with van der Waals surface area (Å²) >= 11 is 0.784. The van der Waals surface area contributed by atoms with Gasteiger partial charge in [0.25, 0.3) is 10.0 Å². The molecule has 1 amide bonds. The van der Waals surface area contributed by atoms with Crippen LogP contribution in [0.1, 0.15) is 0 Å². The third-order valence-electron chi connectivity index (χ3n) is 4.56. The van der Waals surface area contributed by atoms with E-state index in [1.54, 1.807) is 18.2 Å². The first-order valence-electron chi connectivity index (χ1n) is 9.41. The van der Waals surface area contributed by atoms with E-state index in [0.29, 0.717) is 14.8 Å². The predicted molar refractivity (Wildman–Crippen MR) is 122 cm³/mol. The number of nitrogens with zero attached hydrogens (tertiary/aromatic N) is 1. The molecule has 3 aromatic carbocycles. The number of fused-ring (bicyclic) bond motifs is 1. The third kappa shape index (κ3) is 4.41. The zero-order chi connectivity index (χ0) is 23.6. The number of carbonyl (C=O) groups is 1. The van der Waals surface area contributed by atoms with Gasteiger partial charge in [-0.1, -0.05) is 29.5 Å². The van der Waals surface area contributed by atoms with Gasteiger partial charge in [0.15, 0.2) is 11.5 Å². The number of sulfonamides is 1. The summed E-state index contributed by atoms with van der Waals surface area (Å²) in [5, 5.41) is 0. The molecule has 11 heteroatoms. The summed E-state index contributed by atoms with van der Waals surface area (Å²) in [6.07, 6.45) is -1.16. The van der Waals surface area contributed by atoms with Gasteiger partial charge in [0.2, 0.25) is 0 Å². The van der Waals surface area contributed by atoms with E-state index in [1.807, 2.05) is 0 Å². The highest BCUT2D eigenvalue weighted by Crippen LogP contribution is 2.34. The van der Waals surface area contributed by atoms with Crippen LogP contribution in [0.4, 0.5) is 10.5 Å². The molecular formula is C22H17NO8S2. The van der Waals surface area contributed by atoms with Gasteiger partial charge in [-0.3, -0.25) is 0 Å². The van der Waals surface area contributed by atoms with E-state index in [1.165, 1.54) is 62.8 Å². The SMILES string of the molecule is COc1ccc(S(=O)(=O)N(C(=O)Oc2ccccc2)c2ccc3oc(=O)sc3c2)cc1OC. The van der Waals surface area contributed by atoms with Crippen LogP contribution in [0, 0.1) is 0 Å². The van der Waals surface area contributed by atoms with Crippen LogP contribution in [0.25, 0.3) is 10.3 Å². The molecule has 0 N–H and O–H groups in total.